The number of primary amides is 1. The molecule has 0 bridgehead atoms. The topological polar surface area (TPSA) is 102 Å². The molecule has 3 rings (SSSR count). The summed E-state index contributed by atoms with van der Waals surface area (Å²) in [6, 6.07) is 11.5. The van der Waals surface area contributed by atoms with Gasteiger partial charge in [0, 0.05) is 5.56 Å². The molecule has 144 valence electrons. The summed E-state index contributed by atoms with van der Waals surface area (Å²) >= 11 is 7.18. The number of anilines is 3. The minimum atomic E-state index is -0.867. The molecule has 1 unspecified atom stereocenters. The standard InChI is InChI=1S/C19H16ClFN4O2S/c1-10(18(23)27)25(14-8-7-12(21)9-13(14)20)19-24-17(22)16(28-19)15(26)11-5-3-2-4-6-11/h2-10H,22H2,1H3,(H2,23,27). The average Bonchev–Trinajstić information content (AvgIpc) is 3.04. The van der Waals surface area contributed by atoms with Crippen LogP contribution in [0.4, 0.5) is 21.0 Å². The van der Waals surface area contributed by atoms with Gasteiger partial charge in [-0.15, -0.1) is 0 Å². The van der Waals surface area contributed by atoms with Crippen molar-refractivity contribution < 1.29 is 14.0 Å². The number of nitrogens with zero attached hydrogens (tertiary/aromatic N) is 2. The molecule has 3 aromatic rings. The third-order valence-corrected chi connectivity index (χ3v) is 5.43. The molecule has 0 radical (unpaired) electrons. The Morgan fingerprint density at radius 1 is 1.21 bits per heavy atom. The monoisotopic (exact) mass is 418 g/mol. The molecular formula is C19H16ClFN4O2S. The lowest BCUT2D eigenvalue weighted by molar-refractivity contribution is -0.118. The van der Waals surface area contributed by atoms with Crippen molar-refractivity contribution >= 4 is 51.3 Å². The molecule has 1 amide bonds. The quantitative estimate of drug-likeness (QED) is 0.593. The van der Waals surface area contributed by atoms with Gasteiger partial charge in [-0.25, -0.2) is 9.37 Å². The van der Waals surface area contributed by atoms with E-state index in [9.17, 15) is 14.0 Å². The highest BCUT2D eigenvalue weighted by Gasteiger charge is 2.28. The molecule has 0 spiro atoms. The van der Waals surface area contributed by atoms with E-state index in [4.69, 9.17) is 23.1 Å². The molecule has 28 heavy (non-hydrogen) atoms. The zero-order valence-corrected chi connectivity index (χ0v) is 16.3. The van der Waals surface area contributed by atoms with Gasteiger partial charge in [-0.3, -0.25) is 9.59 Å². The molecule has 0 aliphatic heterocycles. The van der Waals surface area contributed by atoms with Crippen LogP contribution in [-0.2, 0) is 4.79 Å². The Morgan fingerprint density at radius 2 is 1.89 bits per heavy atom. The number of carbonyl (C=O) groups is 2. The molecule has 2 aromatic carbocycles. The summed E-state index contributed by atoms with van der Waals surface area (Å²) < 4.78 is 13.5. The Bertz CT molecular complexity index is 1040. The SMILES string of the molecule is CC(C(N)=O)N(c1nc(N)c(C(=O)c2ccccc2)s1)c1ccc(F)cc1Cl. The summed E-state index contributed by atoms with van der Waals surface area (Å²) in [4.78, 5) is 30.5. The van der Waals surface area contributed by atoms with E-state index in [1.54, 1.807) is 37.3 Å². The molecular weight excluding hydrogens is 403 g/mol. The molecule has 0 saturated carbocycles. The van der Waals surface area contributed by atoms with E-state index in [1.165, 1.54) is 17.0 Å². The zero-order valence-electron chi connectivity index (χ0n) is 14.7. The number of hydrogen-bond acceptors (Lipinski definition) is 6. The van der Waals surface area contributed by atoms with Crippen LogP contribution in [0.3, 0.4) is 0 Å². The number of amides is 1. The second-order valence-electron chi connectivity index (χ2n) is 5.95. The molecule has 0 fully saturated rings. The molecule has 0 aliphatic carbocycles. The second kappa shape index (κ2) is 7.95. The molecule has 0 saturated heterocycles. The summed E-state index contributed by atoms with van der Waals surface area (Å²) in [6.45, 7) is 1.55. The number of nitrogens with two attached hydrogens (primary N) is 2. The van der Waals surface area contributed by atoms with Gasteiger partial charge in [0.15, 0.2) is 5.13 Å². The first kappa shape index (κ1) is 19.8. The zero-order chi connectivity index (χ0) is 20.4. The van der Waals surface area contributed by atoms with Crippen LogP contribution in [-0.4, -0.2) is 22.7 Å². The van der Waals surface area contributed by atoms with Crippen LogP contribution in [0.5, 0.6) is 0 Å². The third kappa shape index (κ3) is 3.83. The normalized spacial score (nSPS) is 11.8. The van der Waals surface area contributed by atoms with Crippen LogP contribution in [0.2, 0.25) is 5.02 Å². The third-order valence-electron chi connectivity index (χ3n) is 4.06. The van der Waals surface area contributed by atoms with E-state index >= 15 is 0 Å². The predicted octanol–water partition coefficient (Wildman–Crippen LogP) is 3.76. The number of halogens is 2. The van der Waals surface area contributed by atoms with Crippen LogP contribution < -0.4 is 16.4 Å². The smallest absolute Gasteiger partial charge is 0.240 e. The van der Waals surface area contributed by atoms with E-state index in [0.717, 1.165) is 17.4 Å². The van der Waals surface area contributed by atoms with Gasteiger partial charge < -0.3 is 16.4 Å². The minimum Gasteiger partial charge on any atom is -0.382 e. The summed E-state index contributed by atoms with van der Waals surface area (Å²) in [7, 11) is 0. The number of ketones is 1. The van der Waals surface area contributed by atoms with E-state index in [-0.39, 0.29) is 26.6 Å². The number of hydrogen-bond donors (Lipinski definition) is 2. The molecule has 0 aliphatic rings. The number of carbonyl (C=O) groups excluding carboxylic acids is 2. The molecule has 1 aromatic heterocycles. The van der Waals surface area contributed by atoms with Gasteiger partial charge >= 0.3 is 0 Å². The van der Waals surface area contributed by atoms with Crippen LogP contribution >= 0.6 is 22.9 Å². The Labute approximate surface area is 169 Å². The molecule has 9 heteroatoms. The number of thiazole rings is 1. The molecule has 1 heterocycles. The van der Waals surface area contributed by atoms with E-state index in [2.05, 4.69) is 4.98 Å². The van der Waals surface area contributed by atoms with E-state index < -0.39 is 17.8 Å². The number of aromatic nitrogens is 1. The first-order valence-electron chi connectivity index (χ1n) is 8.19. The van der Waals surface area contributed by atoms with Crippen molar-refractivity contribution in [1.82, 2.24) is 4.98 Å². The van der Waals surface area contributed by atoms with Gasteiger partial charge in [-0.2, -0.15) is 0 Å². The van der Waals surface area contributed by atoms with E-state index in [1.807, 2.05) is 0 Å². The van der Waals surface area contributed by atoms with Crippen LogP contribution in [0, 0.1) is 5.82 Å². The van der Waals surface area contributed by atoms with Gasteiger partial charge in [0.05, 0.1) is 10.7 Å². The fourth-order valence-corrected chi connectivity index (χ4v) is 3.89. The van der Waals surface area contributed by atoms with Crippen LogP contribution in [0.1, 0.15) is 22.2 Å². The Hall–Kier alpha value is -2.97. The van der Waals surface area contributed by atoms with Gasteiger partial charge in [0.25, 0.3) is 0 Å². The molecule has 1 atom stereocenters. The Kier molecular flexibility index (Phi) is 5.62. The second-order valence-corrected chi connectivity index (χ2v) is 7.33. The predicted molar refractivity (Wildman–Crippen MR) is 109 cm³/mol. The number of benzene rings is 2. The Balaban J connectivity index is 2.09. The highest BCUT2D eigenvalue weighted by Crippen LogP contribution is 2.39. The van der Waals surface area contributed by atoms with Gasteiger partial charge in [-0.1, -0.05) is 53.3 Å². The fourth-order valence-electron chi connectivity index (χ4n) is 2.59. The summed E-state index contributed by atoms with van der Waals surface area (Å²) in [6.07, 6.45) is 0. The van der Waals surface area contributed by atoms with Gasteiger partial charge in [-0.05, 0) is 25.1 Å². The molecule has 6 nitrogen and oxygen atoms in total. The minimum absolute atomic E-state index is 0.0220. The van der Waals surface area contributed by atoms with Crippen molar-refractivity contribution in [3.63, 3.8) is 0 Å². The van der Waals surface area contributed by atoms with Crippen LogP contribution in [0.15, 0.2) is 48.5 Å². The summed E-state index contributed by atoms with van der Waals surface area (Å²) in [5.74, 6) is -1.45. The maximum atomic E-state index is 13.5. The fraction of sp³-hybridized carbons (Fsp3) is 0.105. The first-order chi connectivity index (χ1) is 13.3. The Morgan fingerprint density at radius 3 is 2.50 bits per heavy atom. The van der Waals surface area contributed by atoms with Crippen LogP contribution in [0.25, 0.3) is 0 Å². The maximum Gasteiger partial charge on any atom is 0.240 e. The largest absolute Gasteiger partial charge is 0.382 e. The van der Waals surface area contributed by atoms with Crippen molar-refractivity contribution in [3.05, 3.63) is 69.8 Å². The van der Waals surface area contributed by atoms with Crippen molar-refractivity contribution in [1.29, 1.82) is 0 Å². The van der Waals surface area contributed by atoms with Crippen molar-refractivity contribution in [2.24, 2.45) is 5.73 Å². The molecule has 4 N–H and O–H groups in total. The highest BCUT2D eigenvalue weighted by atomic mass is 35.5. The number of nitrogen functional groups attached to an aromatic ring is 1. The lowest BCUT2D eigenvalue weighted by atomic mass is 10.1. The maximum absolute atomic E-state index is 13.5. The highest BCUT2D eigenvalue weighted by molar-refractivity contribution is 7.18. The van der Waals surface area contributed by atoms with Crippen molar-refractivity contribution in [2.75, 3.05) is 10.6 Å². The van der Waals surface area contributed by atoms with Gasteiger partial charge in [0.1, 0.15) is 22.6 Å². The lowest BCUT2D eigenvalue weighted by Gasteiger charge is -2.27. The summed E-state index contributed by atoms with van der Waals surface area (Å²) in [5, 5.41) is 0.314. The summed E-state index contributed by atoms with van der Waals surface area (Å²) in [5.41, 5.74) is 12.2. The number of rotatable bonds is 6. The first-order valence-corrected chi connectivity index (χ1v) is 9.38. The lowest BCUT2D eigenvalue weighted by Crippen LogP contribution is -2.40. The van der Waals surface area contributed by atoms with Gasteiger partial charge in [0.2, 0.25) is 11.7 Å². The average molecular weight is 419 g/mol. The van der Waals surface area contributed by atoms with Crippen molar-refractivity contribution in [2.45, 2.75) is 13.0 Å². The van der Waals surface area contributed by atoms with Crippen molar-refractivity contribution in [3.8, 4) is 0 Å². The van der Waals surface area contributed by atoms with E-state index in [0.29, 0.717) is 11.3 Å².